The molecule has 2 heterocycles. The Balaban J connectivity index is 1.85. The van der Waals surface area contributed by atoms with Gasteiger partial charge in [-0.25, -0.2) is 20.6 Å². The molecule has 0 saturated carbocycles. The standard InChI is InChI=1S/C22H19N5O2/c23-27-21-18-12-17(15-4-2-1-3-5-15)20(26-19(18)10-11-24-21)16-8-6-14(7-9-16)13-25-22(28)29/h1-12,25H,13,23H2,(H,24,27)(H,28,29). The monoisotopic (exact) mass is 385 g/mol. The molecule has 0 aliphatic rings. The zero-order chi connectivity index (χ0) is 20.2. The van der Waals surface area contributed by atoms with E-state index in [1.807, 2.05) is 66.7 Å². The van der Waals surface area contributed by atoms with E-state index in [0.717, 1.165) is 38.9 Å². The molecule has 5 N–H and O–H groups in total. The number of aromatic nitrogens is 2. The molecule has 7 nitrogen and oxygen atoms in total. The van der Waals surface area contributed by atoms with Gasteiger partial charge in [-0.1, -0.05) is 54.6 Å². The number of hydrogen-bond donors (Lipinski definition) is 4. The Kier molecular flexibility index (Phi) is 5.05. The minimum atomic E-state index is -1.05. The van der Waals surface area contributed by atoms with Crippen LogP contribution >= 0.6 is 0 Å². The van der Waals surface area contributed by atoms with E-state index in [2.05, 4.69) is 15.7 Å². The largest absolute Gasteiger partial charge is 0.465 e. The summed E-state index contributed by atoms with van der Waals surface area (Å²) in [6.07, 6.45) is 0.617. The molecule has 0 aliphatic heterocycles. The van der Waals surface area contributed by atoms with Crippen LogP contribution in [0, 0.1) is 0 Å². The quantitative estimate of drug-likeness (QED) is 0.305. The molecule has 0 radical (unpaired) electrons. The predicted molar refractivity (Wildman–Crippen MR) is 113 cm³/mol. The number of benzene rings is 2. The van der Waals surface area contributed by atoms with Crippen LogP contribution in [0.2, 0.25) is 0 Å². The Morgan fingerprint density at radius 3 is 2.45 bits per heavy atom. The van der Waals surface area contributed by atoms with Crippen molar-refractivity contribution in [3.8, 4) is 22.4 Å². The van der Waals surface area contributed by atoms with Crippen LogP contribution in [0.3, 0.4) is 0 Å². The smallest absolute Gasteiger partial charge is 0.404 e. The summed E-state index contributed by atoms with van der Waals surface area (Å²) in [5, 5.41) is 12.0. The number of hydrazine groups is 1. The van der Waals surface area contributed by atoms with Gasteiger partial charge in [-0.3, -0.25) is 0 Å². The van der Waals surface area contributed by atoms with E-state index in [1.54, 1.807) is 6.20 Å². The summed E-state index contributed by atoms with van der Waals surface area (Å²) in [6.45, 7) is 0.253. The normalized spacial score (nSPS) is 10.7. The summed E-state index contributed by atoms with van der Waals surface area (Å²) >= 11 is 0. The highest BCUT2D eigenvalue weighted by Gasteiger charge is 2.13. The van der Waals surface area contributed by atoms with Crippen LogP contribution in [-0.4, -0.2) is 21.2 Å². The SMILES string of the molecule is NNc1nccc2nc(-c3ccc(CNC(=O)O)cc3)c(-c3ccccc3)cc12. The molecular formula is C22H19N5O2. The number of rotatable bonds is 5. The molecule has 7 heteroatoms. The molecule has 29 heavy (non-hydrogen) atoms. The number of fused-ring (bicyclic) bond motifs is 1. The highest BCUT2D eigenvalue weighted by molar-refractivity contribution is 5.96. The van der Waals surface area contributed by atoms with Gasteiger partial charge in [0.2, 0.25) is 0 Å². The molecule has 144 valence electrons. The molecule has 2 aromatic carbocycles. The van der Waals surface area contributed by atoms with E-state index in [-0.39, 0.29) is 6.54 Å². The minimum absolute atomic E-state index is 0.253. The van der Waals surface area contributed by atoms with Crippen molar-refractivity contribution in [3.05, 3.63) is 78.5 Å². The summed E-state index contributed by atoms with van der Waals surface area (Å²) < 4.78 is 0. The second-order valence-electron chi connectivity index (χ2n) is 6.48. The molecule has 4 aromatic rings. The molecule has 0 fully saturated rings. The van der Waals surface area contributed by atoms with Crippen molar-refractivity contribution in [2.45, 2.75) is 6.54 Å². The molecule has 4 rings (SSSR count). The first-order chi connectivity index (χ1) is 14.2. The molecular weight excluding hydrogens is 366 g/mol. The molecule has 0 unspecified atom stereocenters. The Morgan fingerprint density at radius 1 is 1.00 bits per heavy atom. The van der Waals surface area contributed by atoms with Gasteiger partial charge in [0.05, 0.1) is 11.2 Å². The van der Waals surface area contributed by atoms with Crippen LogP contribution in [0.4, 0.5) is 10.6 Å². The second-order valence-corrected chi connectivity index (χ2v) is 6.48. The first-order valence-corrected chi connectivity index (χ1v) is 9.03. The van der Waals surface area contributed by atoms with Crippen molar-refractivity contribution >= 4 is 22.8 Å². The fourth-order valence-corrected chi connectivity index (χ4v) is 3.23. The molecule has 0 spiro atoms. The number of nitrogen functional groups attached to an aromatic ring is 1. The third-order valence-electron chi connectivity index (χ3n) is 4.64. The molecule has 0 atom stereocenters. The Bertz CT molecular complexity index is 1160. The van der Waals surface area contributed by atoms with E-state index in [4.69, 9.17) is 15.9 Å². The third-order valence-corrected chi connectivity index (χ3v) is 4.64. The summed E-state index contributed by atoms with van der Waals surface area (Å²) in [4.78, 5) is 19.9. The summed E-state index contributed by atoms with van der Waals surface area (Å²) in [6, 6.07) is 21.6. The average Bonchev–Trinajstić information content (AvgIpc) is 2.77. The van der Waals surface area contributed by atoms with E-state index in [9.17, 15) is 4.79 Å². The van der Waals surface area contributed by atoms with E-state index >= 15 is 0 Å². The lowest BCUT2D eigenvalue weighted by Gasteiger charge is -2.13. The van der Waals surface area contributed by atoms with E-state index in [1.165, 1.54) is 0 Å². The third kappa shape index (κ3) is 3.85. The lowest BCUT2D eigenvalue weighted by atomic mass is 9.97. The van der Waals surface area contributed by atoms with Crippen LogP contribution in [0.15, 0.2) is 72.9 Å². The predicted octanol–water partition coefficient (Wildman–Crippen LogP) is 4.02. The van der Waals surface area contributed by atoms with Gasteiger partial charge in [0.25, 0.3) is 0 Å². The number of nitrogens with two attached hydrogens (primary N) is 1. The van der Waals surface area contributed by atoms with Crippen molar-refractivity contribution in [1.29, 1.82) is 0 Å². The van der Waals surface area contributed by atoms with Crippen LogP contribution in [0.5, 0.6) is 0 Å². The number of carbonyl (C=O) groups is 1. The molecule has 0 aliphatic carbocycles. The second kappa shape index (κ2) is 7.95. The lowest BCUT2D eigenvalue weighted by molar-refractivity contribution is 0.194. The Morgan fingerprint density at radius 2 is 1.76 bits per heavy atom. The maximum Gasteiger partial charge on any atom is 0.404 e. The van der Waals surface area contributed by atoms with Gasteiger partial charge in [0.1, 0.15) is 5.82 Å². The molecule has 0 saturated heterocycles. The lowest BCUT2D eigenvalue weighted by Crippen LogP contribution is -2.19. The highest BCUT2D eigenvalue weighted by Crippen LogP contribution is 2.34. The first-order valence-electron chi connectivity index (χ1n) is 9.03. The summed E-state index contributed by atoms with van der Waals surface area (Å²) in [5.74, 6) is 6.20. The zero-order valence-electron chi connectivity index (χ0n) is 15.5. The topological polar surface area (TPSA) is 113 Å². The number of hydrogen-bond acceptors (Lipinski definition) is 5. The Labute approximate surface area is 167 Å². The van der Waals surface area contributed by atoms with Gasteiger partial charge in [0.15, 0.2) is 0 Å². The van der Waals surface area contributed by atoms with Crippen LogP contribution < -0.4 is 16.6 Å². The zero-order valence-corrected chi connectivity index (χ0v) is 15.5. The summed E-state index contributed by atoms with van der Waals surface area (Å²) in [7, 11) is 0. The van der Waals surface area contributed by atoms with Gasteiger partial charge < -0.3 is 15.8 Å². The number of anilines is 1. The van der Waals surface area contributed by atoms with Gasteiger partial charge in [0, 0.05) is 29.3 Å². The van der Waals surface area contributed by atoms with Gasteiger partial charge in [-0.2, -0.15) is 0 Å². The van der Waals surface area contributed by atoms with Crippen LogP contribution in [0.25, 0.3) is 33.3 Å². The fraction of sp³-hybridized carbons (Fsp3) is 0.0455. The molecule has 0 bridgehead atoms. The summed E-state index contributed by atoms with van der Waals surface area (Å²) in [5.41, 5.74) is 8.03. The van der Waals surface area contributed by atoms with Crippen LogP contribution in [-0.2, 0) is 6.54 Å². The highest BCUT2D eigenvalue weighted by atomic mass is 16.4. The number of nitrogens with one attached hydrogen (secondary N) is 2. The molecule has 1 amide bonds. The fourth-order valence-electron chi connectivity index (χ4n) is 3.23. The maximum atomic E-state index is 10.7. The van der Waals surface area contributed by atoms with E-state index < -0.39 is 6.09 Å². The van der Waals surface area contributed by atoms with Crippen molar-refractivity contribution in [2.75, 3.05) is 5.43 Å². The number of nitrogens with zero attached hydrogens (tertiary/aromatic N) is 2. The van der Waals surface area contributed by atoms with Crippen molar-refractivity contribution in [3.63, 3.8) is 0 Å². The maximum absolute atomic E-state index is 10.7. The molecule has 2 aromatic heterocycles. The van der Waals surface area contributed by atoms with Crippen LogP contribution in [0.1, 0.15) is 5.56 Å². The van der Waals surface area contributed by atoms with Gasteiger partial charge >= 0.3 is 6.09 Å². The minimum Gasteiger partial charge on any atom is -0.465 e. The first kappa shape index (κ1) is 18.4. The van der Waals surface area contributed by atoms with E-state index in [0.29, 0.717) is 5.82 Å². The number of amides is 1. The van der Waals surface area contributed by atoms with Crippen molar-refractivity contribution in [1.82, 2.24) is 15.3 Å². The van der Waals surface area contributed by atoms with Crippen molar-refractivity contribution < 1.29 is 9.90 Å². The average molecular weight is 385 g/mol. The van der Waals surface area contributed by atoms with Gasteiger partial charge in [-0.05, 0) is 23.3 Å². The van der Waals surface area contributed by atoms with Crippen molar-refractivity contribution in [2.24, 2.45) is 5.84 Å². The van der Waals surface area contributed by atoms with Gasteiger partial charge in [-0.15, -0.1) is 0 Å². The number of carboxylic acid groups (broad SMARTS) is 1. The Hall–Kier alpha value is -3.97. The number of pyridine rings is 2.